The van der Waals surface area contributed by atoms with Crippen molar-refractivity contribution in [2.24, 2.45) is 0 Å². The van der Waals surface area contributed by atoms with Gasteiger partial charge in [-0.05, 0) is 49.8 Å². The molecule has 1 rings (SSSR count). The lowest BCUT2D eigenvalue weighted by atomic mass is 9.95. The van der Waals surface area contributed by atoms with E-state index in [9.17, 15) is 8.42 Å². The van der Waals surface area contributed by atoms with Crippen LogP contribution in [0, 0.1) is 0 Å². The fourth-order valence-corrected chi connectivity index (χ4v) is 4.64. The molecule has 1 atom stereocenters. The molecule has 180 valence electrons. The van der Waals surface area contributed by atoms with E-state index in [-0.39, 0.29) is 18.3 Å². The minimum Gasteiger partial charge on any atom is -0.490 e. The summed E-state index contributed by atoms with van der Waals surface area (Å²) >= 11 is 0. The third kappa shape index (κ3) is 13.8. The summed E-state index contributed by atoms with van der Waals surface area (Å²) in [6.07, 6.45) is 17.4. The fraction of sp³-hybridized carbons (Fsp3) is 0.769. The number of ether oxygens (including phenoxy) is 1. The Kier molecular flexibility index (Phi) is 14.9. The van der Waals surface area contributed by atoms with Crippen LogP contribution in [0.15, 0.2) is 18.2 Å². The van der Waals surface area contributed by atoms with Crippen molar-refractivity contribution < 1.29 is 17.7 Å². The van der Waals surface area contributed by atoms with Gasteiger partial charge in [0.2, 0.25) is 0 Å². The number of rotatable bonds is 19. The van der Waals surface area contributed by atoms with Gasteiger partial charge in [-0.3, -0.25) is 4.55 Å². The Morgan fingerprint density at radius 2 is 1.39 bits per heavy atom. The SMILES string of the molecule is CCCCCCCCc1cccc(OC(C)CCS(=O)(=O)O)c1CCCCCCCC. The molecule has 31 heavy (non-hydrogen) atoms. The Hall–Kier alpha value is -1.07. The van der Waals surface area contributed by atoms with Crippen molar-refractivity contribution >= 4 is 10.1 Å². The summed E-state index contributed by atoms with van der Waals surface area (Å²) in [4.78, 5) is 0. The zero-order valence-electron chi connectivity index (χ0n) is 20.2. The van der Waals surface area contributed by atoms with Crippen LogP contribution in [-0.2, 0) is 23.0 Å². The van der Waals surface area contributed by atoms with Crippen LogP contribution in [0.25, 0.3) is 0 Å². The first-order valence-electron chi connectivity index (χ1n) is 12.6. The largest absolute Gasteiger partial charge is 0.490 e. The fourth-order valence-electron chi connectivity index (χ4n) is 4.01. The van der Waals surface area contributed by atoms with Gasteiger partial charge in [-0.1, -0.05) is 90.2 Å². The molecule has 0 spiro atoms. The Bertz CT molecular complexity index is 685. The number of hydrogen-bond acceptors (Lipinski definition) is 3. The quantitative estimate of drug-likeness (QED) is 0.173. The molecule has 4 nitrogen and oxygen atoms in total. The zero-order chi connectivity index (χ0) is 23.0. The second-order valence-electron chi connectivity index (χ2n) is 8.93. The second-order valence-corrected chi connectivity index (χ2v) is 10.5. The molecule has 0 aliphatic carbocycles. The van der Waals surface area contributed by atoms with Gasteiger partial charge < -0.3 is 4.74 Å². The molecule has 0 radical (unpaired) electrons. The molecule has 1 unspecified atom stereocenters. The van der Waals surface area contributed by atoms with Gasteiger partial charge in [0.15, 0.2) is 0 Å². The van der Waals surface area contributed by atoms with Crippen molar-refractivity contribution in [1.82, 2.24) is 0 Å². The van der Waals surface area contributed by atoms with E-state index in [4.69, 9.17) is 9.29 Å². The molecule has 1 N–H and O–H groups in total. The summed E-state index contributed by atoms with van der Waals surface area (Å²) in [6.45, 7) is 6.36. The molecule has 5 heteroatoms. The van der Waals surface area contributed by atoms with Crippen LogP contribution < -0.4 is 4.74 Å². The summed E-state index contributed by atoms with van der Waals surface area (Å²) in [5, 5.41) is 0. The molecular weight excluding hydrogens is 408 g/mol. The minimum absolute atomic E-state index is 0.255. The van der Waals surface area contributed by atoms with E-state index in [0.29, 0.717) is 0 Å². The van der Waals surface area contributed by atoms with E-state index in [2.05, 4.69) is 26.0 Å². The highest BCUT2D eigenvalue weighted by Gasteiger charge is 2.15. The highest BCUT2D eigenvalue weighted by atomic mass is 32.2. The maximum atomic E-state index is 11.1. The van der Waals surface area contributed by atoms with Crippen LogP contribution in [0.1, 0.15) is 115 Å². The van der Waals surface area contributed by atoms with Crippen LogP contribution in [0.5, 0.6) is 5.75 Å². The molecular formula is C26H46O4S. The maximum Gasteiger partial charge on any atom is 0.264 e. The molecule has 1 aromatic rings. The number of unbranched alkanes of at least 4 members (excludes halogenated alkanes) is 10. The van der Waals surface area contributed by atoms with Gasteiger partial charge >= 0.3 is 0 Å². The Labute approximate surface area is 191 Å². The van der Waals surface area contributed by atoms with Crippen molar-refractivity contribution in [2.45, 2.75) is 123 Å². The van der Waals surface area contributed by atoms with Gasteiger partial charge in [-0.2, -0.15) is 8.42 Å². The summed E-state index contributed by atoms with van der Waals surface area (Å²) in [6, 6.07) is 6.30. The Morgan fingerprint density at radius 1 is 0.839 bits per heavy atom. The monoisotopic (exact) mass is 454 g/mol. The maximum absolute atomic E-state index is 11.1. The average Bonchev–Trinajstić information content (AvgIpc) is 2.72. The van der Waals surface area contributed by atoms with Gasteiger partial charge in [0.25, 0.3) is 10.1 Å². The van der Waals surface area contributed by atoms with E-state index in [1.807, 2.05) is 13.0 Å². The van der Waals surface area contributed by atoms with Crippen molar-refractivity contribution in [3.05, 3.63) is 29.3 Å². The summed E-state index contributed by atoms with van der Waals surface area (Å²) in [5.41, 5.74) is 2.67. The van der Waals surface area contributed by atoms with E-state index >= 15 is 0 Å². The predicted octanol–water partition coefficient (Wildman–Crippen LogP) is 7.54. The third-order valence-electron chi connectivity index (χ3n) is 5.92. The summed E-state index contributed by atoms with van der Waals surface area (Å²) < 4.78 is 37.3. The van der Waals surface area contributed by atoms with E-state index < -0.39 is 10.1 Å². The smallest absolute Gasteiger partial charge is 0.264 e. The highest BCUT2D eigenvalue weighted by molar-refractivity contribution is 7.85. The normalized spacial score (nSPS) is 12.8. The Balaban J connectivity index is 2.73. The molecule has 0 heterocycles. The van der Waals surface area contributed by atoms with Crippen molar-refractivity contribution in [2.75, 3.05) is 5.75 Å². The average molecular weight is 455 g/mol. The first-order valence-corrected chi connectivity index (χ1v) is 14.2. The van der Waals surface area contributed by atoms with E-state index in [1.54, 1.807) is 0 Å². The third-order valence-corrected chi connectivity index (χ3v) is 6.67. The molecule has 0 amide bonds. The van der Waals surface area contributed by atoms with Gasteiger partial charge in [-0.15, -0.1) is 0 Å². The summed E-state index contributed by atoms with van der Waals surface area (Å²) in [5.74, 6) is 0.623. The van der Waals surface area contributed by atoms with Gasteiger partial charge in [0.05, 0.1) is 11.9 Å². The minimum atomic E-state index is -3.96. The molecule has 1 aromatic carbocycles. The highest BCUT2D eigenvalue weighted by Crippen LogP contribution is 2.28. The molecule has 0 saturated heterocycles. The second kappa shape index (κ2) is 16.5. The number of aryl methyl sites for hydroxylation is 1. The first-order chi connectivity index (χ1) is 14.9. The van der Waals surface area contributed by atoms with Crippen LogP contribution in [0.3, 0.4) is 0 Å². The Morgan fingerprint density at radius 3 is 1.97 bits per heavy atom. The first kappa shape index (κ1) is 28.0. The number of hydrogen-bond donors (Lipinski definition) is 1. The number of benzene rings is 1. The van der Waals surface area contributed by atoms with Crippen LogP contribution in [0.2, 0.25) is 0 Å². The van der Waals surface area contributed by atoms with E-state index in [1.165, 1.54) is 81.8 Å². The standard InChI is InChI=1S/C26H46O4S/c1-4-6-8-10-12-14-17-24-18-16-20-26(30-23(3)21-22-31(27,28)29)25(24)19-15-13-11-9-7-5-2/h16,18,20,23H,4-15,17,19,21-22H2,1-3H3,(H,27,28,29). The van der Waals surface area contributed by atoms with Crippen molar-refractivity contribution in [3.63, 3.8) is 0 Å². The van der Waals surface area contributed by atoms with Crippen LogP contribution in [-0.4, -0.2) is 24.8 Å². The van der Waals surface area contributed by atoms with Crippen LogP contribution in [0.4, 0.5) is 0 Å². The van der Waals surface area contributed by atoms with Gasteiger partial charge in [-0.25, -0.2) is 0 Å². The molecule has 0 saturated carbocycles. The lowest BCUT2D eigenvalue weighted by molar-refractivity contribution is 0.214. The van der Waals surface area contributed by atoms with Crippen molar-refractivity contribution in [1.29, 1.82) is 0 Å². The van der Waals surface area contributed by atoms with Crippen LogP contribution >= 0.6 is 0 Å². The molecule has 0 fully saturated rings. The lowest BCUT2D eigenvalue weighted by Crippen LogP contribution is -2.18. The topological polar surface area (TPSA) is 63.6 Å². The molecule has 0 aliphatic rings. The molecule has 0 aliphatic heterocycles. The van der Waals surface area contributed by atoms with Gasteiger partial charge in [0.1, 0.15) is 5.75 Å². The summed E-state index contributed by atoms with van der Waals surface area (Å²) in [7, 11) is -3.96. The lowest BCUT2D eigenvalue weighted by Gasteiger charge is -2.20. The van der Waals surface area contributed by atoms with E-state index in [0.717, 1.165) is 25.0 Å². The predicted molar refractivity (Wildman–Crippen MR) is 132 cm³/mol. The molecule has 0 aromatic heterocycles. The van der Waals surface area contributed by atoms with Crippen molar-refractivity contribution in [3.8, 4) is 5.75 Å². The van der Waals surface area contributed by atoms with Gasteiger partial charge in [0, 0.05) is 6.42 Å². The molecule has 0 bridgehead atoms. The zero-order valence-corrected chi connectivity index (χ0v) is 21.0.